The van der Waals surface area contributed by atoms with Crippen LogP contribution in [0.1, 0.15) is 34.3 Å². The van der Waals surface area contributed by atoms with Gasteiger partial charge < -0.3 is 14.8 Å². The lowest BCUT2D eigenvalue weighted by Crippen LogP contribution is -2.31. The van der Waals surface area contributed by atoms with Crippen LogP contribution >= 0.6 is 0 Å². The van der Waals surface area contributed by atoms with Gasteiger partial charge in [-0.25, -0.2) is 13.8 Å². The number of oxazole rings is 1. The fourth-order valence-corrected chi connectivity index (χ4v) is 2.73. The third-order valence-corrected chi connectivity index (χ3v) is 4.05. The third-order valence-electron chi connectivity index (χ3n) is 4.05. The van der Waals surface area contributed by atoms with Crippen LogP contribution in [-0.2, 0) is 4.79 Å². The summed E-state index contributed by atoms with van der Waals surface area (Å²) in [6.07, 6.45) is -0.452. The summed E-state index contributed by atoms with van der Waals surface area (Å²) in [5, 5.41) is 11.6. The van der Waals surface area contributed by atoms with Gasteiger partial charge in [-0.15, -0.1) is 0 Å². The number of aromatic nitrogens is 1. The number of amides is 1. The van der Waals surface area contributed by atoms with Crippen molar-refractivity contribution in [2.24, 2.45) is 0 Å². The van der Waals surface area contributed by atoms with Crippen LogP contribution in [0, 0.1) is 18.6 Å². The van der Waals surface area contributed by atoms with Gasteiger partial charge in [-0.3, -0.25) is 9.59 Å². The summed E-state index contributed by atoms with van der Waals surface area (Å²) in [5.41, 5.74) is 0.285. The monoisotopic (exact) mass is 386 g/mol. The lowest BCUT2D eigenvalue weighted by Gasteiger charge is -2.17. The Kier molecular flexibility index (Phi) is 5.49. The van der Waals surface area contributed by atoms with Gasteiger partial charge in [-0.05, 0) is 36.8 Å². The maximum Gasteiger partial charge on any atom is 0.305 e. The average molecular weight is 386 g/mol. The van der Waals surface area contributed by atoms with E-state index in [4.69, 9.17) is 9.52 Å². The highest BCUT2D eigenvalue weighted by molar-refractivity contribution is 5.94. The summed E-state index contributed by atoms with van der Waals surface area (Å²) in [7, 11) is 0. The smallest absolute Gasteiger partial charge is 0.305 e. The van der Waals surface area contributed by atoms with Crippen LogP contribution in [0.4, 0.5) is 8.78 Å². The van der Waals surface area contributed by atoms with Crippen molar-refractivity contribution in [1.29, 1.82) is 0 Å². The number of hydrogen-bond donors (Lipinski definition) is 2. The molecule has 0 saturated carbocycles. The molecule has 0 bridgehead atoms. The van der Waals surface area contributed by atoms with E-state index < -0.39 is 36.0 Å². The lowest BCUT2D eigenvalue weighted by atomic mass is 10.0. The van der Waals surface area contributed by atoms with E-state index in [9.17, 15) is 18.4 Å². The number of carbonyl (C=O) groups is 2. The summed E-state index contributed by atoms with van der Waals surface area (Å²) in [6, 6.07) is 10.1. The van der Waals surface area contributed by atoms with E-state index in [2.05, 4.69) is 10.3 Å². The number of carbonyl (C=O) groups excluding carboxylic acids is 1. The number of carboxylic acid groups (broad SMARTS) is 1. The quantitative estimate of drug-likeness (QED) is 0.671. The van der Waals surface area contributed by atoms with Gasteiger partial charge in [0.05, 0.1) is 18.0 Å². The Balaban J connectivity index is 1.88. The Morgan fingerprint density at radius 1 is 1.18 bits per heavy atom. The van der Waals surface area contributed by atoms with E-state index >= 15 is 0 Å². The van der Waals surface area contributed by atoms with Crippen molar-refractivity contribution in [2.75, 3.05) is 0 Å². The van der Waals surface area contributed by atoms with Crippen molar-refractivity contribution in [3.8, 4) is 11.5 Å². The number of hydrogen-bond acceptors (Lipinski definition) is 4. The zero-order chi connectivity index (χ0) is 20.3. The van der Waals surface area contributed by atoms with E-state index in [-0.39, 0.29) is 22.9 Å². The first kappa shape index (κ1) is 19.2. The number of rotatable bonds is 6. The molecule has 2 N–H and O–H groups in total. The molecule has 0 radical (unpaired) electrons. The number of halogens is 2. The molecule has 8 heteroatoms. The first-order valence-corrected chi connectivity index (χ1v) is 8.35. The molecule has 0 aliphatic carbocycles. The molecule has 3 aromatic rings. The molecule has 1 heterocycles. The zero-order valence-corrected chi connectivity index (χ0v) is 14.8. The zero-order valence-electron chi connectivity index (χ0n) is 14.8. The molecule has 2 aromatic carbocycles. The molecule has 144 valence electrons. The second-order valence-corrected chi connectivity index (χ2v) is 6.08. The highest BCUT2D eigenvalue weighted by atomic mass is 19.1. The van der Waals surface area contributed by atoms with Crippen molar-refractivity contribution in [2.45, 2.75) is 19.4 Å². The second-order valence-electron chi connectivity index (χ2n) is 6.08. The number of carboxylic acids is 1. The van der Waals surface area contributed by atoms with E-state index in [1.165, 1.54) is 43.3 Å². The molecule has 0 spiro atoms. The molecule has 0 aliphatic heterocycles. The lowest BCUT2D eigenvalue weighted by molar-refractivity contribution is -0.137. The van der Waals surface area contributed by atoms with Crippen molar-refractivity contribution >= 4 is 11.9 Å². The fraction of sp³-hybridized carbons (Fsp3) is 0.150. The minimum atomic E-state index is -1.17. The molecule has 28 heavy (non-hydrogen) atoms. The van der Waals surface area contributed by atoms with Gasteiger partial charge >= 0.3 is 5.97 Å². The van der Waals surface area contributed by atoms with E-state index in [1.807, 2.05) is 0 Å². The topological polar surface area (TPSA) is 92.4 Å². The van der Waals surface area contributed by atoms with Crippen LogP contribution in [0.15, 0.2) is 52.9 Å². The summed E-state index contributed by atoms with van der Waals surface area (Å²) in [4.78, 5) is 27.8. The van der Waals surface area contributed by atoms with Crippen LogP contribution in [0.25, 0.3) is 11.5 Å². The number of nitrogens with zero attached hydrogens (tertiary/aromatic N) is 1. The molecule has 1 amide bonds. The molecule has 3 rings (SSSR count). The van der Waals surface area contributed by atoms with Gasteiger partial charge in [0.1, 0.15) is 17.4 Å². The predicted molar refractivity (Wildman–Crippen MR) is 95.5 cm³/mol. The van der Waals surface area contributed by atoms with E-state index in [0.717, 1.165) is 6.07 Å². The predicted octanol–water partition coefficient (Wildman–Crippen LogP) is 3.87. The minimum absolute atomic E-state index is 0.0682. The largest absolute Gasteiger partial charge is 0.481 e. The van der Waals surface area contributed by atoms with Crippen molar-refractivity contribution in [3.63, 3.8) is 0 Å². The van der Waals surface area contributed by atoms with Gasteiger partial charge in [0.25, 0.3) is 5.91 Å². The normalized spacial score (nSPS) is 11.8. The number of aryl methyl sites for hydroxylation is 1. The van der Waals surface area contributed by atoms with Gasteiger partial charge in [0, 0.05) is 0 Å². The van der Waals surface area contributed by atoms with Crippen LogP contribution in [0.2, 0.25) is 0 Å². The van der Waals surface area contributed by atoms with Gasteiger partial charge in [0.2, 0.25) is 5.89 Å². The SMILES string of the molecule is Cc1oc(-c2ccccc2F)nc1C(=O)N[C@@H](CC(=O)O)c1cccc(F)c1. The summed E-state index contributed by atoms with van der Waals surface area (Å²) >= 11 is 0. The molecular weight excluding hydrogens is 370 g/mol. The van der Waals surface area contributed by atoms with Crippen molar-refractivity contribution in [1.82, 2.24) is 10.3 Å². The minimum Gasteiger partial charge on any atom is -0.481 e. The third kappa shape index (κ3) is 4.22. The van der Waals surface area contributed by atoms with Crippen LogP contribution < -0.4 is 5.32 Å². The molecule has 0 unspecified atom stereocenters. The van der Waals surface area contributed by atoms with Crippen molar-refractivity contribution < 1.29 is 27.9 Å². The Bertz CT molecular complexity index is 1030. The molecule has 0 aliphatic rings. The molecule has 0 fully saturated rings. The molecule has 1 atom stereocenters. The molecule has 1 aromatic heterocycles. The Labute approximate surface area is 158 Å². The van der Waals surface area contributed by atoms with Gasteiger partial charge in [-0.2, -0.15) is 0 Å². The maximum atomic E-state index is 13.9. The molecular formula is C20H16F2N2O4. The highest BCUT2D eigenvalue weighted by Gasteiger charge is 2.24. The average Bonchev–Trinajstić information content (AvgIpc) is 3.03. The van der Waals surface area contributed by atoms with E-state index in [0.29, 0.717) is 5.56 Å². The highest BCUT2D eigenvalue weighted by Crippen LogP contribution is 2.25. The Morgan fingerprint density at radius 2 is 1.93 bits per heavy atom. The number of benzene rings is 2. The first-order valence-electron chi connectivity index (χ1n) is 8.35. The summed E-state index contributed by atoms with van der Waals surface area (Å²) < 4.78 is 32.8. The van der Waals surface area contributed by atoms with Crippen molar-refractivity contribution in [3.05, 3.63) is 77.2 Å². The van der Waals surface area contributed by atoms with Crippen LogP contribution in [0.3, 0.4) is 0 Å². The maximum absolute atomic E-state index is 13.9. The summed E-state index contributed by atoms with van der Waals surface area (Å²) in [5.74, 6) is -2.91. The van der Waals surface area contributed by atoms with Gasteiger partial charge in [-0.1, -0.05) is 24.3 Å². The number of nitrogens with one attached hydrogen (secondary N) is 1. The van der Waals surface area contributed by atoms with Crippen LogP contribution in [0.5, 0.6) is 0 Å². The second kappa shape index (κ2) is 7.99. The van der Waals surface area contributed by atoms with Crippen LogP contribution in [-0.4, -0.2) is 22.0 Å². The Morgan fingerprint density at radius 3 is 2.61 bits per heavy atom. The molecule has 6 nitrogen and oxygen atoms in total. The fourth-order valence-electron chi connectivity index (χ4n) is 2.73. The van der Waals surface area contributed by atoms with E-state index in [1.54, 1.807) is 6.07 Å². The first-order chi connectivity index (χ1) is 13.3. The standard InChI is InChI=1S/C20H16F2N2O4/c1-11-18(24-20(28-11)14-7-2-3-8-15(14)22)19(27)23-16(10-17(25)26)12-5-4-6-13(21)9-12/h2-9,16H,10H2,1H3,(H,23,27)(H,25,26)/t16-/m0/s1. The Hall–Kier alpha value is -3.55. The molecule has 0 saturated heterocycles. The summed E-state index contributed by atoms with van der Waals surface area (Å²) in [6.45, 7) is 1.49. The van der Waals surface area contributed by atoms with Gasteiger partial charge in [0.15, 0.2) is 5.69 Å². The number of aliphatic carboxylic acids is 1.